The third-order valence-corrected chi connectivity index (χ3v) is 8.44. The van der Waals surface area contributed by atoms with Gasteiger partial charge in [0.1, 0.15) is 0 Å². The molecule has 0 radical (unpaired) electrons. The second-order valence-corrected chi connectivity index (χ2v) is 10.9. The molecule has 3 aliphatic rings. The van der Waals surface area contributed by atoms with Gasteiger partial charge in [0.05, 0.1) is 42.2 Å². The van der Waals surface area contributed by atoms with E-state index in [0.717, 1.165) is 30.5 Å². The third kappa shape index (κ3) is 4.87. The molecule has 0 saturated carbocycles. The minimum atomic E-state index is -0.728. The Labute approximate surface area is 233 Å². The summed E-state index contributed by atoms with van der Waals surface area (Å²) >= 11 is 0. The minimum Gasteiger partial charge on any atom is -0.395 e. The first-order chi connectivity index (χ1) is 19.5. The van der Waals surface area contributed by atoms with Crippen molar-refractivity contribution >= 4 is 17.5 Å². The summed E-state index contributed by atoms with van der Waals surface area (Å²) in [7, 11) is 0. The molecule has 3 heterocycles. The van der Waals surface area contributed by atoms with Gasteiger partial charge in [0.15, 0.2) is 6.29 Å². The summed E-state index contributed by atoms with van der Waals surface area (Å²) in [5.41, 5.74) is 3.78. The number of anilines is 1. The van der Waals surface area contributed by atoms with E-state index < -0.39 is 6.29 Å². The van der Waals surface area contributed by atoms with Crippen LogP contribution in [-0.4, -0.2) is 58.8 Å². The molecule has 208 valence electrons. The Balaban J connectivity index is 1.31. The number of fused-ring (bicyclic) bond motifs is 1. The van der Waals surface area contributed by atoms with Gasteiger partial charge in [-0.3, -0.25) is 14.5 Å². The molecule has 8 nitrogen and oxygen atoms in total. The lowest BCUT2D eigenvalue weighted by Crippen LogP contribution is -2.46. The molecule has 2 fully saturated rings. The maximum Gasteiger partial charge on any atom is 0.266 e. The Hall–Kier alpha value is -3.40. The van der Waals surface area contributed by atoms with Crippen molar-refractivity contribution < 1.29 is 29.3 Å². The van der Waals surface area contributed by atoms with Crippen LogP contribution in [0.25, 0.3) is 0 Å². The molecule has 0 bridgehead atoms. The molecule has 0 aliphatic carbocycles. The van der Waals surface area contributed by atoms with Crippen LogP contribution in [0.4, 0.5) is 5.69 Å². The lowest BCUT2D eigenvalue weighted by atomic mass is 9.90. The third-order valence-electron chi connectivity index (χ3n) is 8.44. The number of rotatable bonds is 7. The number of carbonyl (C=O) groups is 2. The molecule has 0 unspecified atom stereocenters. The normalized spacial score (nSPS) is 26.9. The molecular weight excluding hydrogens is 508 g/mol. The molecule has 3 aromatic rings. The number of nitrogens with zero attached hydrogens (tertiary/aromatic N) is 2. The summed E-state index contributed by atoms with van der Waals surface area (Å²) < 4.78 is 13.2. The van der Waals surface area contributed by atoms with Crippen LogP contribution in [0.3, 0.4) is 0 Å². The zero-order valence-electron chi connectivity index (χ0n) is 22.5. The molecule has 0 aromatic heterocycles. The zero-order valence-corrected chi connectivity index (χ0v) is 22.5. The predicted octanol–water partition coefficient (Wildman–Crippen LogP) is 4.23. The highest BCUT2D eigenvalue weighted by atomic mass is 16.7. The topological polar surface area (TPSA) is 99.5 Å². The second kappa shape index (κ2) is 11.2. The summed E-state index contributed by atoms with van der Waals surface area (Å²) in [5.74, 6) is -0.683. The monoisotopic (exact) mass is 542 g/mol. The SMILES string of the molecule is C[C@@H]1[C@H](CN2CCC[C@H]2CO)O[C@H](c2cccc(N3C(=O)c4ccccc4C3=O)c2)O[C@@H]1c1ccc(CO)cc1. The van der Waals surface area contributed by atoms with E-state index in [1.807, 2.05) is 30.3 Å². The van der Waals surface area contributed by atoms with Crippen molar-refractivity contribution in [1.29, 1.82) is 0 Å². The summed E-state index contributed by atoms with van der Waals surface area (Å²) in [6.45, 7) is 3.78. The van der Waals surface area contributed by atoms with Gasteiger partial charge in [0.2, 0.25) is 0 Å². The highest BCUT2D eigenvalue weighted by Gasteiger charge is 2.41. The molecular formula is C32H34N2O6. The maximum atomic E-state index is 13.1. The highest BCUT2D eigenvalue weighted by Crippen LogP contribution is 2.43. The fourth-order valence-corrected chi connectivity index (χ4v) is 6.14. The first-order valence-corrected chi connectivity index (χ1v) is 13.9. The van der Waals surface area contributed by atoms with Crippen LogP contribution in [0.2, 0.25) is 0 Å². The molecule has 2 amide bonds. The van der Waals surface area contributed by atoms with Gasteiger partial charge in [0, 0.05) is 24.1 Å². The Bertz CT molecular complexity index is 1360. The van der Waals surface area contributed by atoms with Crippen LogP contribution in [0.15, 0.2) is 72.8 Å². The van der Waals surface area contributed by atoms with Crippen molar-refractivity contribution in [2.24, 2.45) is 5.92 Å². The van der Waals surface area contributed by atoms with Crippen molar-refractivity contribution in [1.82, 2.24) is 4.90 Å². The van der Waals surface area contributed by atoms with E-state index >= 15 is 0 Å². The number of amides is 2. The number of ether oxygens (including phenoxy) is 2. The summed E-state index contributed by atoms with van der Waals surface area (Å²) in [6.07, 6.45) is 0.812. The number of likely N-dealkylation sites (tertiary alicyclic amines) is 1. The van der Waals surface area contributed by atoms with Crippen molar-refractivity contribution in [3.05, 3.63) is 101 Å². The van der Waals surface area contributed by atoms with E-state index in [1.54, 1.807) is 42.5 Å². The summed E-state index contributed by atoms with van der Waals surface area (Å²) in [6, 6.07) is 22.0. The second-order valence-electron chi connectivity index (χ2n) is 10.9. The van der Waals surface area contributed by atoms with Crippen LogP contribution in [0.5, 0.6) is 0 Å². The number of hydrogen-bond donors (Lipinski definition) is 2. The van der Waals surface area contributed by atoms with Gasteiger partial charge in [-0.05, 0) is 54.8 Å². The number of carbonyl (C=O) groups excluding carboxylic acids is 2. The fraction of sp³-hybridized carbons (Fsp3) is 0.375. The van der Waals surface area contributed by atoms with Gasteiger partial charge in [-0.25, -0.2) is 4.90 Å². The number of imide groups is 1. The van der Waals surface area contributed by atoms with Gasteiger partial charge in [-0.15, -0.1) is 0 Å². The summed E-state index contributed by atoms with van der Waals surface area (Å²) in [4.78, 5) is 29.8. The smallest absolute Gasteiger partial charge is 0.266 e. The van der Waals surface area contributed by atoms with Gasteiger partial charge in [-0.2, -0.15) is 0 Å². The van der Waals surface area contributed by atoms with Crippen molar-refractivity contribution in [2.75, 3.05) is 24.6 Å². The molecule has 3 aliphatic heterocycles. The van der Waals surface area contributed by atoms with Crippen molar-refractivity contribution in [3.63, 3.8) is 0 Å². The minimum absolute atomic E-state index is 0.00980. The van der Waals surface area contributed by atoms with Crippen LogP contribution < -0.4 is 4.90 Å². The molecule has 2 saturated heterocycles. The Morgan fingerprint density at radius 2 is 1.60 bits per heavy atom. The fourth-order valence-electron chi connectivity index (χ4n) is 6.14. The highest BCUT2D eigenvalue weighted by molar-refractivity contribution is 6.34. The first kappa shape index (κ1) is 26.8. The quantitative estimate of drug-likeness (QED) is 0.431. The molecule has 40 heavy (non-hydrogen) atoms. The van der Waals surface area contributed by atoms with E-state index in [2.05, 4.69) is 11.8 Å². The Morgan fingerprint density at radius 3 is 2.27 bits per heavy atom. The van der Waals surface area contributed by atoms with E-state index in [-0.39, 0.29) is 49.2 Å². The number of hydrogen-bond acceptors (Lipinski definition) is 7. The number of aliphatic hydroxyl groups excluding tert-OH is 2. The Morgan fingerprint density at radius 1 is 0.875 bits per heavy atom. The standard InChI is InChI=1S/C32H34N2O6/c1-20-28(17-33-15-5-8-25(33)19-36)39-32(40-29(20)22-13-11-21(18-35)12-14-22)23-6-4-7-24(16-23)34-30(37)26-9-2-3-10-27(26)31(34)38/h2-4,6-7,9-14,16,20,25,28-29,32,35-36H,5,8,15,17-19H2,1H3/t20-,25+,28+,29+,32+/m1/s1. The van der Waals surface area contributed by atoms with E-state index in [1.165, 1.54) is 4.90 Å². The number of benzene rings is 3. The number of aliphatic hydroxyl groups is 2. The van der Waals surface area contributed by atoms with Gasteiger partial charge in [0.25, 0.3) is 11.8 Å². The molecule has 2 N–H and O–H groups in total. The Kier molecular flexibility index (Phi) is 7.53. The van der Waals surface area contributed by atoms with E-state index in [0.29, 0.717) is 28.9 Å². The van der Waals surface area contributed by atoms with Crippen LogP contribution in [0, 0.1) is 5.92 Å². The van der Waals surface area contributed by atoms with Gasteiger partial charge < -0.3 is 19.7 Å². The molecule has 6 rings (SSSR count). The van der Waals surface area contributed by atoms with E-state index in [4.69, 9.17) is 9.47 Å². The molecule has 8 heteroatoms. The lowest BCUT2D eigenvalue weighted by molar-refractivity contribution is -0.276. The largest absolute Gasteiger partial charge is 0.395 e. The first-order valence-electron chi connectivity index (χ1n) is 13.9. The van der Waals surface area contributed by atoms with Gasteiger partial charge >= 0.3 is 0 Å². The van der Waals surface area contributed by atoms with Crippen LogP contribution >= 0.6 is 0 Å². The summed E-state index contributed by atoms with van der Waals surface area (Å²) in [5, 5.41) is 19.4. The van der Waals surface area contributed by atoms with Crippen LogP contribution in [0.1, 0.15) is 69.6 Å². The van der Waals surface area contributed by atoms with Gasteiger partial charge in [-0.1, -0.05) is 55.5 Å². The average molecular weight is 543 g/mol. The van der Waals surface area contributed by atoms with Crippen molar-refractivity contribution in [2.45, 2.75) is 50.9 Å². The lowest BCUT2D eigenvalue weighted by Gasteiger charge is -2.43. The average Bonchev–Trinajstić information content (AvgIpc) is 3.55. The molecule has 0 spiro atoms. The maximum absolute atomic E-state index is 13.1. The molecule has 3 aromatic carbocycles. The zero-order chi connectivity index (χ0) is 27.8. The predicted molar refractivity (Wildman–Crippen MR) is 149 cm³/mol. The van der Waals surface area contributed by atoms with E-state index in [9.17, 15) is 19.8 Å². The molecule has 5 atom stereocenters. The van der Waals surface area contributed by atoms with Crippen molar-refractivity contribution in [3.8, 4) is 0 Å². The van der Waals surface area contributed by atoms with Crippen LogP contribution in [-0.2, 0) is 16.1 Å².